The Morgan fingerprint density at radius 1 is 0.696 bits per heavy atom. The van der Waals surface area contributed by atoms with E-state index in [9.17, 15) is 19.2 Å². The van der Waals surface area contributed by atoms with Crippen LogP contribution in [0, 0.1) is 11.6 Å². The number of amides is 4. The number of carbonyl (C=O) groups excluding carboxylic acids is 4. The Labute approximate surface area is 400 Å². The number of alkyl carbamates (subject to hydrolysis) is 2. The van der Waals surface area contributed by atoms with Gasteiger partial charge in [0.2, 0.25) is 0 Å². The molecular weight excluding hydrogens is 889 g/mol. The number of aromatic nitrogens is 4. The Hall–Kier alpha value is -6.82. The number of rotatable bonds is 11. The van der Waals surface area contributed by atoms with Crippen LogP contribution < -0.4 is 15.5 Å². The van der Waals surface area contributed by atoms with Crippen molar-refractivity contribution < 1.29 is 42.2 Å². The molecule has 0 radical (unpaired) electrons. The molecule has 366 valence electrons. The first-order valence-corrected chi connectivity index (χ1v) is 23.5. The summed E-state index contributed by atoms with van der Waals surface area (Å²) in [5, 5.41) is 5.53. The highest BCUT2D eigenvalue weighted by Crippen LogP contribution is 2.38. The number of likely N-dealkylation sites (tertiary alicyclic amines) is 1. The highest BCUT2D eigenvalue weighted by molar-refractivity contribution is 5.88. The van der Waals surface area contributed by atoms with Crippen LogP contribution >= 0.6 is 0 Å². The normalized spacial score (nSPS) is 18.9. The van der Waals surface area contributed by atoms with Crippen molar-refractivity contribution in [2.45, 2.75) is 109 Å². The second-order valence-electron chi connectivity index (χ2n) is 19.7. The molecular formula is C51H61F2N9O7. The largest absolute Gasteiger partial charge is 0.444 e. The van der Waals surface area contributed by atoms with E-state index in [1.165, 1.54) is 18.3 Å². The van der Waals surface area contributed by atoms with E-state index in [1.807, 2.05) is 24.3 Å². The van der Waals surface area contributed by atoms with Gasteiger partial charge in [-0.25, -0.2) is 28.3 Å². The van der Waals surface area contributed by atoms with Gasteiger partial charge in [0.15, 0.2) is 0 Å². The number of piperidine rings is 1. The third-order valence-electron chi connectivity index (χ3n) is 12.5. The van der Waals surface area contributed by atoms with Gasteiger partial charge in [0.05, 0.1) is 31.1 Å². The minimum atomic E-state index is -1.06. The molecule has 3 fully saturated rings. The molecule has 16 nitrogen and oxygen atoms in total. The van der Waals surface area contributed by atoms with Crippen LogP contribution in [0.25, 0.3) is 11.3 Å². The summed E-state index contributed by atoms with van der Waals surface area (Å²) in [6.45, 7) is 12.4. The van der Waals surface area contributed by atoms with Crippen LogP contribution in [-0.4, -0.2) is 104 Å². The number of nitrogens with one attached hydrogen (secondary N) is 4. The van der Waals surface area contributed by atoms with Gasteiger partial charge in [-0.1, -0.05) is 60.7 Å². The topological polar surface area (TPSA) is 187 Å². The monoisotopic (exact) mass is 949 g/mol. The first-order valence-electron chi connectivity index (χ1n) is 23.5. The predicted octanol–water partition coefficient (Wildman–Crippen LogP) is 8.56. The van der Waals surface area contributed by atoms with Gasteiger partial charge in [-0.05, 0) is 90.5 Å². The van der Waals surface area contributed by atoms with Crippen LogP contribution in [0.1, 0.15) is 126 Å². The molecule has 0 saturated carbocycles. The van der Waals surface area contributed by atoms with Gasteiger partial charge >= 0.3 is 12.2 Å². The SMILES string of the molecule is CC(C)(C)OC(=O)NC(C(=O)N1CCOCC1c1ncc(-c2cc(F)c(N3CCC(c4cnc(C5CCCN5C(=O)C(NC(=O)OC(C)(C)C)c5ccccc5)[nH]4)CC3)c(F)c2)[nH]1)c1ccccc1. The third kappa shape index (κ3) is 11.6. The molecule has 5 aromatic rings. The number of anilines is 1. The summed E-state index contributed by atoms with van der Waals surface area (Å²) in [7, 11) is 0. The minimum absolute atomic E-state index is 0.0408. The standard InChI is InChI=1S/C51H61F2N9O7/c1-50(2,3)68-48(65)58-41(32-14-9-7-10-15-32)46(63)61-21-13-18-39(61)44-54-28-37(56-44)31-19-22-60(23-20-31)43-35(52)26-34(27-36(43)53)38-29-55-45(57-38)40-30-67-25-24-62(40)47(64)42(33-16-11-8-12-17-33)59-49(66)69-51(4,5)6/h7-12,14-17,26-29,31,39-42H,13,18-25,30H2,1-6H3,(H,54,56)(H,55,57)(H,58,65)(H,59,66). The number of morpholine rings is 1. The lowest BCUT2D eigenvalue weighted by Crippen LogP contribution is -2.49. The van der Waals surface area contributed by atoms with Gasteiger partial charge < -0.3 is 49.5 Å². The summed E-state index contributed by atoms with van der Waals surface area (Å²) >= 11 is 0. The number of carbonyl (C=O) groups is 4. The fourth-order valence-electron chi connectivity index (χ4n) is 9.28. The van der Waals surface area contributed by atoms with E-state index in [1.54, 1.807) is 98.8 Å². The fraction of sp³-hybridized carbons (Fsp3) is 0.451. The summed E-state index contributed by atoms with van der Waals surface area (Å²) < 4.78 is 48.9. The minimum Gasteiger partial charge on any atom is -0.444 e. The molecule has 0 bridgehead atoms. The lowest BCUT2D eigenvalue weighted by atomic mass is 9.93. The average Bonchev–Trinajstić information content (AvgIpc) is 4.12. The average molecular weight is 950 g/mol. The van der Waals surface area contributed by atoms with E-state index in [0.29, 0.717) is 67.4 Å². The van der Waals surface area contributed by atoms with Crippen molar-refractivity contribution in [3.8, 4) is 11.3 Å². The molecule has 3 saturated heterocycles. The highest BCUT2D eigenvalue weighted by atomic mass is 19.1. The molecule has 0 aliphatic carbocycles. The van der Waals surface area contributed by atoms with E-state index in [0.717, 1.165) is 12.1 Å². The van der Waals surface area contributed by atoms with Crippen molar-refractivity contribution in [2.75, 3.05) is 44.3 Å². The third-order valence-corrected chi connectivity index (χ3v) is 12.5. The molecule has 18 heteroatoms. The summed E-state index contributed by atoms with van der Waals surface area (Å²) in [6.07, 6.45) is 4.49. The smallest absolute Gasteiger partial charge is 0.408 e. The molecule has 4 N–H and O–H groups in total. The summed E-state index contributed by atoms with van der Waals surface area (Å²) in [5.41, 5.74) is 1.05. The first kappa shape index (κ1) is 48.6. The molecule has 4 atom stereocenters. The van der Waals surface area contributed by atoms with Crippen LogP contribution in [0.3, 0.4) is 0 Å². The Bertz CT molecular complexity index is 2580. The number of benzene rings is 3. The first-order chi connectivity index (χ1) is 32.9. The maximum atomic E-state index is 16.1. The van der Waals surface area contributed by atoms with Gasteiger partial charge in [0, 0.05) is 49.6 Å². The van der Waals surface area contributed by atoms with E-state index < -0.39 is 59.1 Å². The molecule has 3 aromatic carbocycles. The summed E-state index contributed by atoms with van der Waals surface area (Å²) in [6, 6.07) is 17.5. The summed E-state index contributed by atoms with van der Waals surface area (Å²) in [5.74, 6) is -1.05. The predicted molar refractivity (Wildman–Crippen MR) is 253 cm³/mol. The number of nitrogens with zero attached hydrogens (tertiary/aromatic N) is 5. The number of hydrogen-bond donors (Lipinski definition) is 4. The zero-order chi connectivity index (χ0) is 49.0. The van der Waals surface area contributed by atoms with Gasteiger partial charge in [-0.2, -0.15) is 0 Å². The van der Waals surface area contributed by atoms with E-state index in [4.69, 9.17) is 19.2 Å². The van der Waals surface area contributed by atoms with Crippen molar-refractivity contribution >= 4 is 29.7 Å². The number of ether oxygens (including phenoxy) is 3. The highest BCUT2D eigenvalue weighted by Gasteiger charge is 2.39. The Morgan fingerprint density at radius 3 is 1.77 bits per heavy atom. The zero-order valence-electron chi connectivity index (χ0n) is 39.9. The Kier molecular flexibility index (Phi) is 14.4. The van der Waals surface area contributed by atoms with Gasteiger partial charge in [0.1, 0.15) is 58.3 Å². The molecule has 69 heavy (non-hydrogen) atoms. The van der Waals surface area contributed by atoms with Crippen LogP contribution in [0.2, 0.25) is 0 Å². The maximum Gasteiger partial charge on any atom is 0.408 e. The molecule has 4 amide bonds. The lowest BCUT2D eigenvalue weighted by Gasteiger charge is -2.37. The molecule has 3 aliphatic rings. The van der Waals surface area contributed by atoms with E-state index in [2.05, 4.69) is 25.6 Å². The molecule has 8 rings (SSSR count). The van der Waals surface area contributed by atoms with E-state index >= 15 is 8.78 Å². The van der Waals surface area contributed by atoms with Gasteiger partial charge in [0.25, 0.3) is 11.8 Å². The molecule has 2 aromatic heterocycles. The lowest BCUT2D eigenvalue weighted by molar-refractivity contribution is -0.143. The number of imidazole rings is 2. The van der Waals surface area contributed by atoms with Gasteiger partial charge in [-0.15, -0.1) is 0 Å². The maximum absolute atomic E-state index is 16.1. The number of aromatic amines is 2. The van der Waals surface area contributed by atoms with Crippen LogP contribution in [0.4, 0.5) is 24.1 Å². The van der Waals surface area contributed by atoms with Crippen LogP contribution in [-0.2, 0) is 23.8 Å². The van der Waals surface area contributed by atoms with Crippen LogP contribution in [0.15, 0.2) is 85.2 Å². The van der Waals surface area contributed by atoms with Crippen molar-refractivity contribution in [1.82, 2.24) is 40.4 Å². The van der Waals surface area contributed by atoms with Gasteiger partial charge in [-0.3, -0.25) is 9.59 Å². The van der Waals surface area contributed by atoms with Crippen LogP contribution in [0.5, 0.6) is 0 Å². The Morgan fingerprint density at radius 2 is 1.22 bits per heavy atom. The number of H-pyrrole nitrogens is 2. The second kappa shape index (κ2) is 20.4. The second-order valence-corrected chi connectivity index (χ2v) is 19.7. The van der Waals surface area contributed by atoms with Crippen molar-refractivity contribution in [2.24, 2.45) is 0 Å². The fourth-order valence-corrected chi connectivity index (χ4v) is 9.28. The molecule has 4 unspecified atom stereocenters. The van der Waals surface area contributed by atoms with Crippen molar-refractivity contribution in [3.05, 3.63) is 125 Å². The molecule has 5 heterocycles. The quantitative estimate of drug-likeness (QED) is 0.1000. The molecule has 3 aliphatic heterocycles. The number of halogens is 2. The Balaban J connectivity index is 0.917. The van der Waals surface area contributed by atoms with Crippen molar-refractivity contribution in [3.63, 3.8) is 0 Å². The summed E-state index contributed by atoms with van der Waals surface area (Å²) in [4.78, 5) is 75.3. The molecule has 0 spiro atoms. The number of hydrogen-bond acceptors (Lipinski definition) is 10. The van der Waals surface area contributed by atoms with E-state index in [-0.39, 0.29) is 48.9 Å². The van der Waals surface area contributed by atoms with Crippen molar-refractivity contribution in [1.29, 1.82) is 0 Å². The zero-order valence-corrected chi connectivity index (χ0v) is 39.9.